The van der Waals surface area contributed by atoms with E-state index in [1.165, 1.54) is 9.70 Å². The monoisotopic (exact) mass is 444 g/mol. The normalized spacial score (nSPS) is 10.8. The minimum atomic E-state index is -0.684. The molecule has 0 aliphatic rings. The average molecular weight is 444 g/mol. The largest absolute Gasteiger partial charge is 0.497 e. The molecule has 0 fully saturated rings. The number of amides is 1. The average Bonchev–Trinajstić information content (AvgIpc) is 3.24. The predicted octanol–water partition coefficient (Wildman–Crippen LogP) is 3.55. The van der Waals surface area contributed by atoms with Gasteiger partial charge in [-0.1, -0.05) is 36.4 Å². The molecule has 0 aliphatic heterocycles. The number of likely N-dealkylation sites (N-methyl/N-ethyl adjacent to an activating group) is 1. The van der Waals surface area contributed by atoms with E-state index < -0.39 is 5.97 Å². The summed E-state index contributed by atoms with van der Waals surface area (Å²) in [5.41, 5.74) is 2.21. The van der Waals surface area contributed by atoms with Crippen molar-refractivity contribution in [1.82, 2.24) is 19.9 Å². The molecule has 0 atom stereocenters. The first-order chi connectivity index (χ1) is 15.9. The summed E-state index contributed by atoms with van der Waals surface area (Å²) in [6.45, 7) is 1.69. The van der Waals surface area contributed by atoms with Crippen molar-refractivity contribution in [3.8, 4) is 11.4 Å². The fraction of sp³-hybridized carbons (Fsp3) is 0.200. The van der Waals surface area contributed by atoms with Crippen molar-refractivity contribution < 1.29 is 19.1 Å². The Morgan fingerprint density at radius 3 is 2.45 bits per heavy atom. The molecular weight excluding hydrogens is 420 g/mol. The third-order valence-corrected chi connectivity index (χ3v) is 5.25. The Labute approximate surface area is 191 Å². The topological polar surface area (TPSA) is 86.5 Å². The van der Waals surface area contributed by atoms with Crippen molar-refractivity contribution in [2.45, 2.75) is 13.5 Å². The van der Waals surface area contributed by atoms with Gasteiger partial charge in [0, 0.05) is 13.6 Å². The predicted molar refractivity (Wildman–Crippen MR) is 123 cm³/mol. The molecule has 0 unspecified atom stereocenters. The second kappa shape index (κ2) is 9.52. The van der Waals surface area contributed by atoms with E-state index in [0.29, 0.717) is 12.2 Å². The molecule has 0 N–H and O–H groups in total. The van der Waals surface area contributed by atoms with Crippen LogP contribution in [0.2, 0.25) is 0 Å². The number of carbonyl (C=O) groups excluding carboxylic acids is 2. The maximum Gasteiger partial charge on any atom is 0.361 e. The number of hydrogen-bond acceptors (Lipinski definition) is 6. The Bertz CT molecular complexity index is 1300. The van der Waals surface area contributed by atoms with Crippen molar-refractivity contribution in [2.75, 3.05) is 20.8 Å². The second-order valence-corrected chi connectivity index (χ2v) is 7.63. The molecule has 0 radical (unpaired) electrons. The molecule has 1 amide bonds. The summed E-state index contributed by atoms with van der Waals surface area (Å²) in [4.78, 5) is 27.9. The number of rotatable bonds is 7. The van der Waals surface area contributed by atoms with E-state index in [0.717, 1.165) is 27.8 Å². The van der Waals surface area contributed by atoms with Gasteiger partial charge in [0.25, 0.3) is 5.91 Å². The molecule has 8 nitrogen and oxygen atoms in total. The van der Waals surface area contributed by atoms with Gasteiger partial charge in [-0.25, -0.2) is 4.79 Å². The smallest absolute Gasteiger partial charge is 0.361 e. The molecule has 8 heteroatoms. The Morgan fingerprint density at radius 1 is 0.970 bits per heavy atom. The van der Waals surface area contributed by atoms with E-state index in [2.05, 4.69) is 10.2 Å². The fourth-order valence-electron chi connectivity index (χ4n) is 3.41. The summed E-state index contributed by atoms with van der Waals surface area (Å²) in [7, 11) is 3.31. The van der Waals surface area contributed by atoms with Gasteiger partial charge >= 0.3 is 5.97 Å². The third kappa shape index (κ3) is 5.01. The first kappa shape index (κ1) is 22.0. The quantitative estimate of drug-likeness (QED) is 0.405. The highest BCUT2D eigenvalue weighted by Gasteiger charge is 2.20. The zero-order valence-electron chi connectivity index (χ0n) is 18.7. The lowest BCUT2D eigenvalue weighted by Crippen LogP contribution is -2.31. The molecule has 0 saturated carbocycles. The van der Waals surface area contributed by atoms with E-state index in [4.69, 9.17) is 9.47 Å². The van der Waals surface area contributed by atoms with Gasteiger partial charge in [-0.3, -0.25) is 4.79 Å². The highest BCUT2D eigenvalue weighted by molar-refractivity contribution is 5.90. The third-order valence-electron chi connectivity index (χ3n) is 5.25. The van der Waals surface area contributed by atoms with Gasteiger partial charge in [-0.2, -0.15) is 9.90 Å². The number of esters is 1. The van der Waals surface area contributed by atoms with Gasteiger partial charge in [0.05, 0.1) is 18.5 Å². The van der Waals surface area contributed by atoms with Crippen LogP contribution >= 0.6 is 0 Å². The van der Waals surface area contributed by atoms with Gasteiger partial charge in [0.2, 0.25) is 0 Å². The lowest BCUT2D eigenvalue weighted by molar-refractivity contribution is -0.133. The van der Waals surface area contributed by atoms with Crippen LogP contribution < -0.4 is 4.74 Å². The van der Waals surface area contributed by atoms with Crippen LogP contribution in [0.3, 0.4) is 0 Å². The number of aromatic nitrogens is 3. The van der Waals surface area contributed by atoms with Gasteiger partial charge in [-0.05, 0) is 53.6 Å². The molecule has 4 aromatic rings. The number of ether oxygens (including phenoxy) is 2. The molecule has 1 heterocycles. The van der Waals surface area contributed by atoms with Crippen LogP contribution in [0.15, 0.2) is 66.7 Å². The molecule has 0 bridgehead atoms. The molecule has 0 aliphatic carbocycles. The SMILES string of the molecule is COc1ccc2cc(CN(C)C(=O)COC(=O)c3nn(-c4ccccc4)nc3C)ccc2c1. The lowest BCUT2D eigenvalue weighted by atomic mass is 10.1. The summed E-state index contributed by atoms with van der Waals surface area (Å²) in [6.07, 6.45) is 0. The van der Waals surface area contributed by atoms with E-state index in [9.17, 15) is 9.59 Å². The molecule has 3 aromatic carbocycles. The minimum Gasteiger partial charge on any atom is -0.497 e. The summed E-state index contributed by atoms with van der Waals surface area (Å²) in [6, 6.07) is 21.1. The van der Waals surface area contributed by atoms with Gasteiger partial charge in [-0.15, -0.1) is 5.10 Å². The number of nitrogens with zero attached hydrogens (tertiary/aromatic N) is 4. The van der Waals surface area contributed by atoms with Crippen LogP contribution in [0.1, 0.15) is 21.7 Å². The molecule has 0 spiro atoms. The summed E-state index contributed by atoms with van der Waals surface area (Å²) < 4.78 is 10.5. The molecule has 33 heavy (non-hydrogen) atoms. The summed E-state index contributed by atoms with van der Waals surface area (Å²) in [5, 5.41) is 10.6. The van der Waals surface area contributed by atoms with Crippen molar-refractivity contribution in [3.63, 3.8) is 0 Å². The van der Waals surface area contributed by atoms with Crippen LogP contribution in [-0.4, -0.2) is 52.5 Å². The molecular formula is C25H24N4O4. The van der Waals surface area contributed by atoms with Crippen LogP contribution in [0.4, 0.5) is 0 Å². The standard InChI is InChI=1S/C25H24N4O4/c1-17-24(27-29(26-17)21-7-5-4-6-8-21)25(31)33-16-23(30)28(2)15-18-9-10-20-14-22(32-3)12-11-19(20)13-18/h4-14H,15-16H2,1-3H3. The number of carbonyl (C=O) groups is 2. The van der Waals surface area contributed by atoms with Crippen LogP contribution in [-0.2, 0) is 16.1 Å². The van der Waals surface area contributed by atoms with E-state index in [1.807, 2.05) is 66.7 Å². The van der Waals surface area contributed by atoms with Gasteiger partial charge in [0.1, 0.15) is 5.75 Å². The van der Waals surface area contributed by atoms with Crippen LogP contribution in [0, 0.1) is 6.92 Å². The minimum absolute atomic E-state index is 0.0827. The van der Waals surface area contributed by atoms with E-state index in [1.54, 1.807) is 21.1 Å². The van der Waals surface area contributed by atoms with E-state index in [-0.39, 0.29) is 18.2 Å². The van der Waals surface area contributed by atoms with Crippen molar-refractivity contribution in [2.24, 2.45) is 0 Å². The zero-order chi connectivity index (χ0) is 23.4. The maximum atomic E-state index is 12.5. The molecule has 0 saturated heterocycles. The maximum absolute atomic E-state index is 12.5. The van der Waals surface area contributed by atoms with Gasteiger partial charge in [0.15, 0.2) is 12.3 Å². The summed E-state index contributed by atoms with van der Waals surface area (Å²) in [5.74, 6) is -0.203. The Balaban J connectivity index is 1.36. The van der Waals surface area contributed by atoms with E-state index >= 15 is 0 Å². The Morgan fingerprint density at radius 2 is 1.70 bits per heavy atom. The van der Waals surface area contributed by atoms with Crippen LogP contribution in [0.25, 0.3) is 16.5 Å². The number of para-hydroxylation sites is 1. The number of methoxy groups -OCH3 is 1. The van der Waals surface area contributed by atoms with Crippen LogP contribution in [0.5, 0.6) is 5.75 Å². The van der Waals surface area contributed by atoms with Crippen molar-refractivity contribution in [3.05, 3.63) is 83.7 Å². The van der Waals surface area contributed by atoms with Gasteiger partial charge < -0.3 is 14.4 Å². The fourth-order valence-corrected chi connectivity index (χ4v) is 3.41. The Hall–Kier alpha value is -4.20. The highest BCUT2D eigenvalue weighted by Crippen LogP contribution is 2.22. The molecule has 168 valence electrons. The number of aryl methyl sites for hydroxylation is 1. The van der Waals surface area contributed by atoms with Crippen molar-refractivity contribution >= 4 is 22.6 Å². The summed E-state index contributed by atoms with van der Waals surface area (Å²) >= 11 is 0. The lowest BCUT2D eigenvalue weighted by Gasteiger charge is -2.17. The Kier molecular flexibility index (Phi) is 6.35. The number of hydrogen-bond donors (Lipinski definition) is 0. The first-order valence-corrected chi connectivity index (χ1v) is 10.4. The highest BCUT2D eigenvalue weighted by atomic mass is 16.5. The molecule has 1 aromatic heterocycles. The second-order valence-electron chi connectivity index (χ2n) is 7.63. The van der Waals surface area contributed by atoms with Crippen molar-refractivity contribution in [1.29, 1.82) is 0 Å². The number of benzene rings is 3. The zero-order valence-corrected chi connectivity index (χ0v) is 18.7. The number of fused-ring (bicyclic) bond motifs is 1. The first-order valence-electron chi connectivity index (χ1n) is 10.4. The molecule has 4 rings (SSSR count).